The van der Waals surface area contributed by atoms with Crippen molar-refractivity contribution in [2.24, 2.45) is 0 Å². The summed E-state index contributed by atoms with van der Waals surface area (Å²) in [6.45, 7) is 0.0831. The number of hydrogen-bond donors (Lipinski definition) is 3. The Morgan fingerprint density at radius 1 is 1.16 bits per heavy atom. The van der Waals surface area contributed by atoms with Crippen molar-refractivity contribution in [1.29, 1.82) is 0 Å². The van der Waals surface area contributed by atoms with E-state index in [1.54, 1.807) is 6.20 Å². The van der Waals surface area contributed by atoms with Crippen molar-refractivity contribution in [2.75, 3.05) is 6.61 Å². The van der Waals surface area contributed by atoms with Gasteiger partial charge in [-0.2, -0.15) is 0 Å². The molecule has 0 bridgehead atoms. The molecule has 3 N–H and O–H groups in total. The molecule has 1 aromatic carbocycles. The van der Waals surface area contributed by atoms with Crippen LogP contribution >= 0.6 is 0 Å². The van der Waals surface area contributed by atoms with E-state index in [0.717, 1.165) is 21.8 Å². The second-order valence-corrected chi connectivity index (χ2v) is 4.67. The van der Waals surface area contributed by atoms with E-state index in [2.05, 4.69) is 16.0 Å². The lowest BCUT2D eigenvalue weighted by Crippen LogP contribution is -2.02. The van der Waals surface area contributed by atoms with Crippen molar-refractivity contribution in [3.05, 3.63) is 42.2 Å². The topological polar surface area (TPSA) is 69.1 Å². The van der Waals surface area contributed by atoms with Crippen molar-refractivity contribution in [2.45, 2.75) is 18.9 Å². The first-order chi connectivity index (χ1) is 9.31. The lowest BCUT2D eigenvalue weighted by molar-refractivity contribution is 0.149. The van der Waals surface area contributed by atoms with Gasteiger partial charge in [0.05, 0.1) is 17.3 Å². The Labute approximate surface area is 110 Å². The van der Waals surface area contributed by atoms with Crippen LogP contribution in [-0.2, 0) is 0 Å². The summed E-state index contributed by atoms with van der Waals surface area (Å²) in [5.74, 6) is 0. The first-order valence-electron chi connectivity index (χ1n) is 6.45. The number of aromatic nitrogens is 2. The highest BCUT2D eigenvalue weighted by molar-refractivity contribution is 6.07. The van der Waals surface area contributed by atoms with Crippen LogP contribution in [0.15, 0.2) is 36.5 Å². The molecule has 0 amide bonds. The number of aliphatic hydroxyl groups is 2. The molecule has 0 aliphatic heterocycles. The van der Waals surface area contributed by atoms with Crippen molar-refractivity contribution < 1.29 is 10.2 Å². The molecule has 98 valence electrons. The Bertz CT molecular complexity index is 706. The Morgan fingerprint density at radius 3 is 2.84 bits per heavy atom. The summed E-state index contributed by atoms with van der Waals surface area (Å²) in [5, 5.41) is 21.2. The largest absolute Gasteiger partial charge is 0.396 e. The summed E-state index contributed by atoms with van der Waals surface area (Å²) >= 11 is 0. The lowest BCUT2D eigenvalue weighted by atomic mass is 10.1. The molecule has 19 heavy (non-hydrogen) atoms. The monoisotopic (exact) mass is 256 g/mol. The number of H-pyrrole nitrogens is 1. The predicted molar refractivity (Wildman–Crippen MR) is 74.9 cm³/mol. The molecule has 1 atom stereocenters. The van der Waals surface area contributed by atoms with E-state index in [1.807, 2.05) is 24.3 Å². The third-order valence-corrected chi connectivity index (χ3v) is 3.41. The molecule has 4 nitrogen and oxygen atoms in total. The van der Waals surface area contributed by atoms with Gasteiger partial charge in [0.1, 0.15) is 0 Å². The van der Waals surface area contributed by atoms with Crippen LogP contribution in [0.25, 0.3) is 21.8 Å². The summed E-state index contributed by atoms with van der Waals surface area (Å²) < 4.78 is 0. The summed E-state index contributed by atoms with van der Waals surface area (Å²) in [6, 6.07) is 10.00. The summed E-state index contributed by atoms with van der Waals surface area (Å²) in [6.07, 6.45) is 2.15. The molecule has 0 aliphatic carbocycles. The molecule has 0 saturated heterocycles. The van der Waals surface area contributed by atoms with Crippen LogP contribution in [0.4, 0.5) is 0 Å². The molecule has 2 aromatic heterocycles. The van der Waals surface area contributed by atoms with E-state index in [4.69, 9.17) is 5.11 Å². The van der Waals surface area contributed by atoms with E-state index in [0.29, 0.717) is 18.5 Å². The zero-order chi connectivity index (χ0) is 13.2. The molecule has 3 rings (SSSR count). The number of aromatic amines is 1. The SMILES string of the molecule is OCCCC(O)c1nccc2c1[nH]c1ccccc12. The van der Waals surface area contributed by atoms with Gasteiger partial charge in [0.2, 0.25) is 0 Å². The molecule has 0 spiro atoms. The van der Waals surface area contributed by atoms with Crippen molar-refractivity contribution in [1.82, 2.24) is 9.97 Å². The number of para-hydroxylation sites is 1. The van der Waals surface area contributed by atoms with Gasteiger partial charge in [0, 0.05) is 29.1 Å². The molecular weight excluding hydrogens is 240 g/mol. The fraction of sp³-hybridized carbons (Fsp3) is 0.267. The fourth-order valence-corrected chi connectivity index (χ4v) is 2.47. The summed E-state index contributed by atoms with van der Waals surface area (Å²) in [5.41, 5.74) is 2.58. The third-order valence-electron chi connectivity index (χ3n) is 3.41. The van der Waals surface area contributed by atoms with E-state index in [9.17, 15) is 5.11 Å². The molecule has 2 heterocycles. The molecule has 0 saturated carbocycles. The molecular formula is C15H16N2O2. The minimum absolute atomic E-state index is 0.0831. The highest BCUT2D eigenvalue weighted by atomic mass is 16.3. The average Bonchev–Trinajstić information content (AvgIpc) is 2.83. The number of fused-ring (bicyclic) bond motifs is 3. The molecule has 0 radical (unpaired) electrons. The molecule has 1 unspecified atom stereocenters. The standard InChI is InChI=1S/C15H16N2O2/c18-9-3-6-13(19)15-14-11(7-8-16-15)10-4-1-2-5-12(10)17-14/h1-2,4-5,7-8,13,17-19H,3,6,9H2. The third kappa shape index (κ3) is 2.09. The number of hydrogen-bond acceptors (Lipinski definition) is 3. The van der Waals surface area contributed by atoms with Crippen molar-refractivity contribution >= 4 is 21.8 Å². The van der Waals surface area contributed by atoms with Gasteiger partial charge >= 0.3 is 0 Å². The Hall–Kier alpha value is -1.91. The molecule has 0 aliphatic rings. The van der Waals surface area contributed by atoms with Crippen molar-refractivity contribution in [3.63, 3.8) is 0 Å². The van der Waals surface area contributed by atoms with E-state index >= 15 is 0 Å². The van der Waals surface area contributed by atoms with E-state index in [-0.39, 0.29) is 6.61 Å². The van der Waals surface area contributed by atoms with Crippen LogP contribution in [0.3, 0.4) is 0 Å². The van der Waals surface area contributed by atoms with Crippen LogP contribution in [0.1, 0.15) is 24.6 Å². The maximum atomic E-state index is 10.2. The summed E-state index contributed by atoms with van der Waals surface area (Å²) in [4.78, 5) is 7.61. The van der Waals surface area contributed by atoms with Gasteiger partial charge in [-0.1, -0.05) is 18.2 Å². The zero-order valence-corrected chi connectivity index (χ0v) is 10.5. The predicted octanol–water partition coefficient (Wildman–Crippen LogP) is 2.52. The van der Waals surface area contributed by atoms with Crippen LogP contribution in [0.5, 0.6) is 0 Å². The average molecular weight is 256 g/mol. The molecule has 3 aromatic rings. The first-order valence-corrected chi connectivity index (χ1v) is 6.45. The number of nitrogens with zero attached hydrogens (tertiary/aromatic N) is 1. The number of benzene rings is 1. The van der Waals surface area contributed by atoms with Crippen molar-refractivity contribution in [3.8, 4) is 0 Å². The molecule has 4 heteroatoms. The zero-order valence-electron chi connectivity index (χ0n) is 10.5. The minimum Gasteiger partial charge on any atom is -0.396 e. The minimum atomic E-state index is -0.649. The maximum absolute atomic E-state index is 10.2. The number of nitrogens with one attached hydrogen (secondary N) is 1. The van der Waals surface area contributed by atoms with Gasteiger partial charge in [-0.15, -0.1) is 0 Å². The van der Waals surface area contributed by atoms with E-state index < -0.39 is 6.10 Å². The second kappa shape index (κ2) is 4.99. The summed E-state index contributed by atoms with van der Waals surface area (Å²) in [7, 11) is 0. The molecule has 0 fully saturated rings. The second-order valence-electron chi connectivity index (χ2n) is 4.67. The Morgan fingerprint density at radius 2 is 2.00 bits per heavy atom. The highest BCUT2D eigenvalue weighted by Gasteiger charge is 2.15. The van der Waals surface area contributed by atoms with Crippen LogP contribution in [-0.4, -0.2) is 26.8 Å². The Kier molecular flexibility index (Phi) is 3.19. The fourth-order valence-electron chi connectivity index (χ4n) is 2.47. The number of pyridine rings is 1. The first kappa shape index (κ1) is 12.1. The Balaban J connectivity index is 2.15. The normalized spacial score (nSPS) is 13.2. The lowest BCUT2D eigenvalue weighted by Gasteiger charge is -2.09. The van der Waals surface area contributed by atoms with Gasteiger partial charge in [-0.25, -0.2) is 0 Å². The van der Waals surface area contributed by atoms with Crippen LogP contribution in [0, 0.1) is 0 Å². The smallest absolute Gasteiger partial charge is 0.0981 e. The maximum Gasteiger partial charge on any atom is 0.0981 e. The number of rotatable bonds is 4. The quantitative estimate of drug-likeness (QED) is 0.672. The van der Waals surface area contributed by atoms with Gasteiger partial charge in [-0.05, 0) is 25.0 Å². The highest BCUT2D eigenvalue weighted by Crippen LogP contribution is 2.30. The van der Waals surface area contributed by atoms with Gasteiger partial charge in [-0.3, -0.25) is 4.98 Å². The van der Waals surface area contributed by atoms with E-state index in [1.165, 1.54) is 0 Å². The van der Waals surface area contributed by atoms with Crippen LogP contribution < -0.4 is 0 Å². The number of aliphatic hydroxyl groups excluding tert-OH is 2. The van der Waals surface area contributed by atoms with Crippen LogP contribution in [0.2, 0.25) is 0 Å². The van der Waals surface area contributed by atoms with Gasteiger partial charge < -0.3 is 15.2 Å². The van der Waals surface area contributed by atoms with Gasteiger partial charge in [0.15, 0.2) is 0 Å². The van der Waals surface area contributed by atoms with Gasteiger partial charge in [0.25, 0.3) is 0 Å².